The monoisotopic (exact) mass is 389 g/mol. The van der Waals surface area contributed by atoms with Crippen LogP contribution in [0.4, 0.5) is 4.39 Å². The number of rotatable bonds is 4. The summed E-state index contributed by atoms with van der Waals surface area (Å²) < 4.78 is 21.7. The summed E-state index contributed by atoms with van der Waals surface area (Å²) in [4.78, 5) is 25.6. The Bertz CT molecular complexity index is 955. The number of carbonyl (C=O) groups is 1. The van der Waals surface area contributed by atoms with Gasteiger partial charge in [0.2, 0.25) is 11.8 Å². The van der Waals surface area contributed by atoms with Gasteiger partial charge in [-0.3, -0.25) is 9.79 Å². The number of aliphatic imine (C=N–C) groups is 1. The summed E-state index contributed by atoms with van der Waals surface area (Å²) in [6.45, 7) is 1.27. The van der Waals surface area contributed by atoms with Crippen molar-refractivity contribution in [2.24, 2.45) is 12.0 Å². The van der Waals surface area contributed by atoms with E-state index in [1.54, 1.807) is 29.4 Å². The number of nitrogens with zero attached hydrogens (tertiary/aromatic N) is 5. The van der Waals surface area contributed by atoms with E-state index in [9.17, 15) is 9.18 Å². The number of Topliss-reactive ketones (excluding diaryl/α,β-unsaturated/α-hetero) is 1. The molecule has 0 saturated carbocycles. The first-order valence-corrected chi connectivity index (χ1v) is 8.88. The second-order valence-electron chi connectivity index (χ2n) is 6.47. The van der Waals surface area contributed by atoms with Crippen LogP contribution in [0.2, 0.25) is 0 Å². The van der Waals surface area contributed by atoms with E-state index in [0.29, 0.717) is 30.8 Å². The predicted octanol–water partition coefficient (Wildman–Crippen LogP) is 2.18. The molecule has 2 aliphatic heterocycles. The highest BCUT2D eigenvalue weighted by molar-refractivity contribution is 6.44. The Kier molecular flexibility index (Phi) is 4.65. The molecule has 27 heavy (non-hydrogen) atoms. The van der Waals surface area contributed by atoms with Gasteiger partial charge in [0.25, 0.3) is 0 Å². The van der Waals surface area contributed by atoms with Crippen molar-refractivity contribution in [3.8, 4) is 17.1 Å². The lowest BCUT2D eigenvalue weighted by molar-refractivity contribution is -0.113. The molecular weight excluding hydrogens is 373 g/mol. The van der Waals surface area contributed by atoms with Crippen LogP contribution in [0.15, 0.2) is 40.4 Å². The van der Waals surface area contributed by atoms with Crippen molar-refractivity contribution in [2.75, 3.05) is 19.6 Å². The molecule has 2 aromatic rings. The molecule has 0 aromatic carbocycles. The number of aryl methyl sites for hydroxylation is 1. The number of allylic oxidation sites excluding steroid dienone is 1. The van der Waals surface area contributed by atoms with Crippen molar-refractivity contribution in [3.05, 3.63) is 41.3 Å². The lowest BCUT2D eigenvalue weighted by atomic mass is 10.2. The highest BCUT2D eigenvalue weighted by atomic mass is 35.5. The zero-order chi connectivity index (χ0) is 19.0. The quantitative estimate of drug-likeness (QED) is 0.749. The molecule has 4 rings (SSSR count). The van der Waals surface area contributed by atoms with Crippen molar-refractivity contribution in [3.63, 3.8) is 0 Å². The number of halogens is 2. The fourth-order valence-electron chi connectivity index (χ4n) is 3.23. The van der Waals surface area contributed by atoms with Gasteiger partial charge in [-0.15, -0.1) is 0 Å². The average Bonchev–Trinajstić information content (AvgIpc) is 3.26. The topological polar surface area (TPSA) is 72.6 Å². The van der Waals surface area contributed by atoms with Crippen LogP contribution in [0.25, 0.3) is 11.3 Å². The van der Waals surface area contributed by atoms with Gasteiger partial charge in [0, 0.05) is 43.9 Å². The second kappa shape index (κ2) is 7.11. The number of imidazole rings is 1. The Hall–Kier alpha value is -2.74. The van der Waals surface area contributed by atoms with Crippen molar-refractivity contribution in [1.82, 2.24) is 19.4 Å². The van der Waals surface area contributed by atoms with E-state index in [-0.39, 0.29) is 29.3 Å². The Morgan fingerprint density at radius 3 is 3.00 bits per heavy atom. The molecule has 0 unspecified atom stereocenters. The van der Waals surface area contributed by atoms with E-state index in [2.05, 4.69) is 15.0 Å². The van der Waals surface area contributed by atoms with Crippen LogP contribution in [0.3, 0.4) is 0 Å². The van der Waals surface area contributed by atoms with E-state index < -0.39 is 5.95 Å². The average molecular weight is 390 g/mol. The summed E-state index contributed by atoms with van der Waals surface area (Å²) >= 11 is 6.12. The molecule has 0 spiro atoms. The van der Waals surface area contributed by atoms with Crippen molar-refractivity contribution in [2.45, 2.75) is 12.5 Å². The van der Waals surface area contributed by atoms with E-state index in [4.69, 9.17) is 16.3 Å². The fourth-order valence-corrected chi connectivity index (χ4v) is 3.46. The third-order valence-electron chi connectivity index (χ3n) is 4.57. The fraction of sp³-hybridized carbons (Fsp3) is 0.333. The van der Waals surface area contributed by atoms with Crippen LogP contribution in [-0.2, 0) is 11.8 Å². The lowest BCUT2D eigenvalue weighted by Gasteiger charge is -2.22. The third-order valence-corrected chi connectivity index (χ3v) is 4.98. The molecule has 1 fully saturated rings. The molecule has 1 saturated heterocycles. The summed E-state index contributed by atoms with van der Waals surface area (Å²) in [6.07, 6.45) is 5.43. The Labute approximate surface area is 160 Å². The molecule has 9 heteroatoms. The number of hydrogen-bond donors (Lipinski definition) is 0. The predicted molar refractivity (Wildman–Crippen MR) is 98.2 cm³/mol. The molecule has 7 nitrogen and oxygen atoms in total. The molecule has 4 heterocycles. The van der Waals surface area contributed by atoms with Gasteiger partial charge in [-0.25, -0.2) is 4.98 Å². The van der Waals surface area contributed by atoms with Crippen LogP contribution in [0.1, 0.15) is 6.42 Å². The van der Waals surface area contributed by atoms with Gasteiger partial charge in [0.15, 0.2) is 5.78 Å². The number of aromatic nitrogens is 3. The van der Waals surface area contributed by atoms with Gasteiger partial charge in [-0.05, 0) is 0 Å². The van der Waals surface area contributed by atoms with Crippen LogP contribution < -0.4 is 4.74 Å². The maximum Gasteiger partial charge on any atom is 0.216 e. The van der Waals surface area contributed by atoms with Crippen LogP contribution in [0, 0.1) is 5.95 Å². The normalized spacial score (nSPS) is 19.9. The molecule has 0 N–H and O–H groups in total. The summed E-state index contributed by atoms with van der Waals surface area (Å²) in [5.74, 6) is -0.591. The Morgan fingerprint density at radius 1 is 1.37 bits per heavy atom. The first kappa shape index (κ1) is 17.7. The van der Waals surface area contributed by atoms with Gasteiger partial charge >= 0.3 is 0 Å². The first-order valence-electron chi connectivity index (χ1n) is 8.50. The highest BCUT2D eigenvalue weighted by Crippen LogP contribution is 2.27. The molecule has 2 aliphatic rings. The summed E-state index contributed by atoms with van der Waals surface area (Å²) in [5, 5.41) is 0.202. The maximum absolute atomic E-state index is 14.0. The SMILES string of the molecule is Cn1cncc1-c1cc(F)nc(O[C@@H]2CCN(C3=C(Cl)C(=O)CN=C3)C2)c1. The highest BCUT2D eigenvalue weighted by Gasteiger charge is 2.29. The third kappa shape index (κ3) is 3.57. The first-order chi connectivity index (χ1) is 13.0. The minimum absolute atomic E-state index is 0.0834. The molecule has 140 valence electrons. The minimum atomic E-state index is -0.616. The molecular formula is C18H17ClFN5O2. The van der Waals surface area contributed by atoms with Crippen LogP contribution in [0.5, 0.6) is 5.88 Å². The van der Waals surface area contributed by atoms with Crippen LogP contribution in [-0.4, -0.2) is 57.2 Å². The van der Waals surface area contributed by atoms with E-state index in [1.165, 1.54) is 6.07 Å². The Balaban J connectivity index is 1.50. The smallest absolute Gasteiger partial charge is 0.216 e. The summed E-state index contributed by atoms with van der Waals surface area (Å²) in [7, 11) is 1.83. The number of dihydropyridines is 1. The number of hydrogen-bond acceptors (Lipinski definition) is 6. The number of pyridine rings is 1. The lowest BCUT2D eigenvalue weighted by Crippen LogP contribution is -2.28. The number of ether oxygens (including phenoxy) is 1. The van der Waals surface area contributed by atoms with Gasteiger partial charge in [-0.2, -0.15) is 9.37 Å². The second-order valence-corrected chi connectivity index (χ2v) is 6.85. The summed E-state index contributed by atoms with van der Waals surface area (Å²) in [6, 6.07) is 3.04. The maximum atomic E-state index is 14.0. The van der Waals surface area contributed by atoms with Crippen molar-refractivity contribution < 1.29 is 13.9 Å². The van der Waals surface area contributed by atoms with E-state index >= 15 is 0 Å². The van der Waals surface area contributed by atoms with Crippen molar-refractivity contribution >= 4 is 23.6 Å². The number of carbonyl (C=O) groups excluding carboxylic acids is 1. The summed E-state index contributed by atoms with van der Waals surface area (Å²) in [5.41, 5.74) is 2.02. The molecule has 0 aliphatic carbocycles. The molecule has 2 aromatic heterocycles. The van der Waals surface area contributed by atoms with E-state index in [1.807, 2.05) is 11.9 Å². The molecule has 0 amide bonds. The molecule has 1 atom stereocenters. The van der Waals surface area contributed by atoms with Gasteiger partial charge in [0.1, 0.15) is 17.7 Å². The van der Waals surface area contributed by atoms with Gasteiger partial charge < -0.3 is 14.2 Å². The number of ketones is 1. The van der Waals surface area contributed by atoms with Gasteiger partial charge in [-0.1, -0.05) is 11.6 Å². The van der Waals surface area contributed by atoms with E-state index in [0.717, 1.165) is 5.69 Å². The molecule has 0 bridgehead atoms. The zero-order valence-electron chi connectivity index (χ0n) is 14.6. The van der Waals surface area contributed by atoms with Gasteiger partial charge in [0.05, 0.1) is 30.5 Å². The number of likely N-dealkylation sites (tertiary alicyclic amines) is 1. The molecule has 0 radical (unpaired) electrons. The largest absolute Gasteiger partial charge is 0.472 e. The van der Waals surface area contributed by atoms with Crippen molar-refractivity contribution in [1.29, 1.82) is 0 Å². The standard InChI is InChI=1S/C18H17ClFN5O2/c1-24-10-22-6-13(24)11-4-16(20)23-17(5-11)27-12-2-3-25(9-12)14-7-21-8-15(26)18(14)19/h4-7,10,12H,2-3,8-9H2,1H3/t12-/m1/s1. The Morgan fingerprint density at radius 2 is 2.22 bits per heavy atom. The van der Waals surface area contributed by atoms with Crippen LogP contribution >= 0.6 is 11.6 Å². The minimum Gasteiger partial charge on any atom is -0.472 e. The zero-order valence-corrected chi connectivity index (χ0v) is 15.4.